The van der Waals surface area contributed by atoms with Crippen LogP contribution in [0, 0.1) is 0 Å². The molecule has 0 aromatic heterocycles. The summed E-state index contributed by atoms with van der Waals surface area (Å²) in [4.78, 5) is 13.8. The molecule has 0 unspecified atom stereocenters. The number of allylic oxidation sites excluding steroid dienone is 2. The van der Waals surface area contributed by atoms with E-state index in [1.807, 2.05) is 39.8 Å². The fourth-order valence-corrected chi connectivity index (χ4v) is 9.19. The normalized spacial score (nSPS) is 28.4. The molecule has 5 rings (SSSR count). The number of ether oxygens (including phenoxy) is 2. The Balaban J connectivity index is 1.29. The summed E-state index contributed by atoms with van der Waals surface area (Å²) in [6.07, 6.45) is 5.04. The third-order valence-corrected chi connectivity index (χ3v) is 11.7. The molecule has 2 aromatic rings. The van der Waals surface area contributed by atoms with Gasteiger partial charge >= 0.3 is 0 Å². The van der Waals surface area contributed by atoms with Gasteiger partial charge in [0, 0.05) is 37.3 Å². The largest absolute Gasteiger partial charge is 0.373 e. The topological polar surface area (TPSA) is 110 Å². The van der Waals surface area contributed by atoms with E-state index in [1.54, 1.807) is 48.5 Å². The van der Waals surface area contributed by atoms with Crippen molar-refractivity contribution < 1.29 is 31.1 Å². The van der Waals surface area contributed by atoms with Gasteiger partial charge < -0.3 is 9.47 Å². The Morgan fingerprint density at radius 2 is 0.930 bits per heavy atom. The number of hydrogen-bond acceptors (Lipinski definition) is 7. The van der Waals surface area contributed by atoms with Gasteiger partial charge in [0.05, 0.1) is 34.2 Å². The van der Waals surface area contributed by atoms with Crippen LogP contribution in [0.1, 0.15) is 58.1 Å². The van der Waals surface area contributed by atoms with E-state index >= 15 is 0 Å². The lowest BCUT2D eigenvalue weighted by atomic mass is 9.87. The summed E-state index contributed by atoms with van der Waals surface area (Å²) >= 11 is 0. The van der Waals surface area contributed by atoms with Crippen LogP contribution in [0.15, 0.2) is 69.5 Å². The van der Waals surface area contributed by atoms with Crippen LogP contribution < -0.4 is 0 Å². The van der Waals surface area contributed by atoms with Gasteiger partial charge in [-0.15, -0.1) is 0 Å². The molecule has 9 nitrogen and oxygen atoms in total. The van der Waals surface area contributed by atoms with Crippen molar-refractivity contribution in [2.75, 3.05) is 26.2 Å². The average Bonchev–Trinajstić information content (AvgIpc) is 2.95. The average molecular weight is 629 g/mol. The van der Waals surface area contributed by atoms with Gasteiger partial charge in [-0.25, -0.2) is 16.8 Å². The minimum Gasteiger partial charge on any atom is -0.373 e. The summed E-state index contributed by atoms with van der Waals surface area (Å²) in [5, 5.41) is 0. The standard InChI is InChI=1S/C32H40N2O7S2/c1-22-18-33(19-23(2)40-22)42(36,37)30-12-8-26(9-13-30)16-28-6-5-7-29(32(28)35)17-27-10-14-31(15-11-27)43(38,39)34-20-24(3)41-25(4)21-34/h8-17,22-25H,5-7,18-21H2,1-4H3/b28-16+,29-17+/t22-,23-,24-,25+/m0/s1. The molecule has 0 radical (unpaired) electrons. The molecular weight excluding hydrogens is 588 g/mol. The first-order valence-corrected chi connectivity index (χ1v) is 17.7. The number of nitrogens with zero attached hydrogens (tertiary/aromatic N) is 2. The van der Waals surface area contributed by atoms with Crippen molar-refractivity contribution in [3.63, 3.8) is 0 Å². The molecule has 0 spiro atoms. The van der Waals surface area contributed by atoms with Gasteiger partial charge in [0.2, 0.25) is 20.0 Å². The molecule has 3 aliphatic rings. The van der Waals surface area contributed by atoms with E-state index < -0.39 is 20.0 Å². The summed E-state index contributed by atoms with van der Waals surface area (Å²) in [5.74, 6) is -0.0489. The molecule has 0 amide bonds. The molecule has 0 N–H and O–H groups in total. The minimum absolute atomic E-state index is 0.0489. The van der Waals surface area contributed by atoms with Crippen molar-refractivity contribution >= 4 is 38.0 Å². The Kier molecular flexibility index (Phi) is 9.41. The summed E-state index contributed by atoms with van der Waals surface area (Å²) < 4.78 is 67.0. The van der Waals surface area contributed by atoms with E-state index in [1.165, 1.54) is 8.61 Å². The maximum Gasteiger partial charge on any atom is 0.243 e. The minimum atomic E-state index is -3.65. The van der Waals surface area contributed by atoms with E-state index in [0.717, 1.165) is 17.5 Å². The van der Waals surface area contributed by atoms with Gasteiger partial charge in [-0.3, -0.25) is 4.79 Å². The van der Waals surface area contributed by atoms with Crippen molar-refractivity contribution in [2.45, 2.75) is 81.2 Å². The first kappa shape index (κ1) is 31.7. The van der Waals surface area contributed by atoms with E-state index in [4.69, 9.17) is 9.47 Å². The van der Waals surface area contributed by atoms with Gasteiger partial charge in [0.1, 0.15) is 0 Å². The first-order chi connectivity index (χ1) is 20.3. The summed E-state index contributed by atoms with van der Waals surface area (Å²) in [6, 6.07) is 13.3. The van der Waals surface area contributed by atoms with Crippen LogP contribution in [0.5, 0.6) is 0 Å². The molecule has 11 heteroatoms. The van der Waals surface area contributed by atoms with Crippen LogP contribution in [0.25, 0.3) is 12.2 Å². The third-order valence-electron chi connectivity index (χ3n) is 7.97. The number of ketones is 1. The lowest BCUT2D eigenvalue weighted by molar-refractivity contribution is -0.112. The van der Waals surface area contributed by atoms with Crippen molar-refractivity contribution in [2.24, 2.45) is 0 Å². The molecule has 4 atom stereocenters. The molecule has 43 heavy (non-hydrogen) atoms. The highest BCUT2D eigenvalue weighted by atomic mass is 32.2. The Labute approximate surface area is 255 Å². The van der Waals surface area contributed by atoms with E-state index in [0.29, 0.717) is 50.2 Å². The predicted octanol–water partition coefficient (Wildman–Crippen LogP) is 4.50. The van der Waals surface area contributed by atoms with Gasteiger partial charge in [-0.1, -0.05) is 24.3 Å². The molecular formula is C32H40N2O7S2. The van der Waals surface area contributed by atoms with E-state index in [-0.39, 0.29) is 40.0 Å². The maximum atomic E-state index is 13.4. The van der Waals surface area contributed by atoms with E-state index in [2.05, 4.69) is 0 Å². The first-order valence-electron chi connectivity index (χ1n) is 14.8. The fourth-order valence-electron chi connectivity index (χ4n) is 6.00. The van der Waals surface area contributed by atoms with Gasteiger partial charge in [0.15, 0.2) is 5.78 Å². The number of carbonyl (C=O) groups excluding carboxylic acids is 1. The third kappa shape index (κ3) is 7.19. The molecule has 3 fully saturated rings. The Hall–Kier alpha value is -2.67. The molecule has 1 aliphatic carbocycles. The second-order valence-electron chi connectivity index (χ2n) is 11.8. The van der Waals surface area contributed by atoms with Crippen LogP contribution >= 0.6 is 0 Å². The highest BCUT2D eigenvalue weighted by Gasteiger charge is 2.33. The number of hydrogen-bond donors (Lipinski definition) is 0. The van der Waals surface area contributed by atoms with Crippen LogP contribution in [-0.2, 0) is 34.3 Å². The molecule has 2 saturated heterocycles. The van der Waals surface area contributed by atoms with E-state index in [9.17, 15) is 21.6 Å². The van der Waals surface area contributed by atoms with Gasteiger partial charge in [0.25, 0.3) is 0 Å². The molecule has 232 valence electrons. The number of carbonyl (C=O) groups is 1. The summed E-state index contributed by atoms with van der Waals surface area (Å²) in [5.41, 5.74) is 2.85. The van der Waals surface area contributed by atoms with Gasteiger partial charge in [-0.05, 0) is 94.5 Å². The number of rotatable bonds is 6. The lowest BCUT2D eigenvalue weighted by Crippen LogP contribution is -2.48. The number of morpholine rings is 2. The van der Waals surface area contributed by atoms with Crippen LogP contribution in [-0.4, -0.2) is 81.8 Å². The number of benzene rings is 2. The molecule has 2 heterocycles. The van der Waals surface area contributed by atoms with Crippen molar-refractivity contribution in [3.8, 4) is 0 Å². The second-order valence-corrected chi connectivity index (χ2v) is 15.7. The maximum absolute atomic E-state index is 13.4. The molecule has 2 aromatic carbocycles. The zero-order chi connectivity index (χ0) is 30.9. The smallest absolute Gasteiger partial charge is 0.243 e. The highest BCUT2D eigenvalue weighted by molar-refractivity contribution is 7.89. The summed E-state index contributed by atoms with van der Waals surface area (Å²) in [6.45, 7) is 8.71. The quantitative estimate of drug-likeness (QED) is 0.433. The Bertz CT molecular complexity index is 1470. The Morgan fingerprint density at radius 3 is 1.26 bits per heavy atom. The van der Waals surface area contributed by atoms with Crippen molar-refractivity contribution in [1.29, 1.82) is 0 Å². The van der Waals surface area contributed by atoms with Crippen molar-refractivity contribution in [1.82, 2.24) is 8.61 Å². The highest BCUT2D eigenvalue weighted by Crippen LogP contribution is 2.29. The van der Waals surface area contributed by atoms with Crippen LogP contribution in [0.2, 0.25) is 0 Å². The lowest BCUT2D eigenvalue weighted by Gasteiger charge is -2.34. The predicted molar refractivity (Wildman–Crippen MR) is 165 cm³/mol. The van der Waals surface area contributed by atoms with Crippen LogP contribution in [0.4, 0.5) is 0 Å². The molecule has 2 aliphatic heterocycles. The fraction of sp³-hybridized carbons (Fsp3) is 0.469. The second kappa shape index (κ2) is 12.7. The summed E-state index contributed by atoms with van der Waals surface area (Å²) in [7, 11) is -7.29. The Morgan fingerprint density at radius 1 is 0.605 bits per heavy atom. The molecule has 0 bridgehead atoms. The number of Topliss-reactive ketones (excluding diaryl/α,β-unsaturated/α-hetero) is 1. The monoisotopic (exact) mass is 628 g/mol. The zero-order valence-electron chi connectivity index (χ0n) is 25.1. The number of sulfonamides is 2. The van der Waals surface area contributed by atoms with Gasteiger partial charge in [-0.2, -0.15) is 8.61 Å². The molecule has 1 saturated carbocycles. The zero-order valence-corrected chi connectivity index (χ0v) is 26.7. The van der Waals surface area contributed by atoms with Crippen LogP contribution in [0.3, 0.4) is 0 Å². The van der Waals surface area contributed by atoms with Crippen molar-refractivity contribution in [3.05, 3.63) is 70.8 Å². The SMILES string of the molecule is C[C@@H]1CN(S(=O)(=O)c2ccc(/C=C3\CCC/C(=C\c4ccc(S(=O)(=O)N5C[C@H](C)O[C@@H](C)C5)cc4)C3=O)cc2)C[C@H](C)O1.